The Morgan fingerprint density at radius 1 is 1.15 bits per heavy atom. The van der Waals surface area contributed by atoms with Crippen molar-refractivity contribution in [3.8, 4) is 0 Å². The summed E-state index contributed by atoms with van der Waals surface area (Å²) in [7, 11) is 0. The molecule has 5 heteroatoms. The van der Waals surface area contributed by atoms with Crippen LogP contribution in [0.15, 0.2) is 24.5 Å². The zero-order valence-corrected chi connectivity index (χ0v) is 11.7. The number of rotatable bonds is 4. The molecule has 0 aliphatic carbocycles. The van der Waals surface area contributed by atoms with Gasteiger partial charge in [0.2, 0.25) is 0 Å². The molecule has 3 nitrogen and oxygen atoms in total. The fourth-order valence-corrected chi connectivity index (χ4v) is 2.02. The molecular formula is C15H17F2N3. The van der Waals surface area contributed by atoms with Gasteiger partial charge in [-0.05, 0) is 37.6 Å². The summed E-state index contributed by atoms with van der Waals surface area (Å²) in [5.41, 5.74) is 1.27. The van der Waals surface area contributed by atoms with E-state index in [1.165, 1.54) is 12.1 Å². The largest absolute Gasteiger partial charge is 0.304 e. The summed E-state index contributed by atoms with van der Waals surface area (Å²) in [6.45, 7) is 5.89. The molecule has 1 heterocycles. The van der Waals surface area contributed by atoms with Crippen LogP contribution in [0, 0.1) is 25.5 Å². The van der Waals surface area contributed by atoms with Crippen LogP contribution in [0.25, 0.3) is 0 Å². The van der Waals surface area contributed by atoms with Gasteiger partial charge in [-0.1, -0.05) is 13.0 Å². The lowest BCUT2D eigenvalue weighted by molar-refractivity contribution is 0.495. The molecule has 1 N–H and O–H groups in total. The van der Waals surface area contributed by atoms with Gasteiger partial charge in [0.05, 0.1) is 6.04 Å². The Kier molecular flexibility index (Phi) is 4.39. The summed E-state index contributed by atoms with van der Waals surface area (Å²) < 4.78 is 28.3. The number of nitrogens with zero attached hydrogens (tertiary/aromatic N) is 2. The molecule has 0 radical (unpaired) electrons. The van der Waals surface area contributed by atoms with Gasteiger partial charge < -0.3 is 5.32 Å². The van der Waals surface area contributed by atoms with Crippen molar-refractivity contribution >= 4 is 0 Å². The maximum absolute atomic E-state index is 14.3. The van der Waals surface area contributed by atoms with Crippen LogP contribution in [0.3, 0.4) is 0 Å². The van der Waals surface area contributed by atoms with Crippen LogP contribution < -0.4 is 5.32 Å². The van der Waals surface area contributed by atoms with Crippen molar-refractivity contribution in [3.63, 3.8) is 0 Å². The average Bonchev–Trinajstić information content (AvgIpc) is 2.43. The molecule has 106 valence electrons. The molecule has 0 fully saturated rings. The average molecular weight is 277 g/mol. The topological polar surface area (TPSA) is 37.8 Å². The second kappa shape index (κ2) is 6.05. The zero-order chi connectivity index (χ0) is 14.7. The lowest BCUT2D eigenvalue weighted by Crippen LogP contribution is -2.26. The molecule has 1 atom stereocenters. The first kappa shape index (κ1) is 14.5. The highest BCUT2D eigenvalue weighted by Crippen LogP contribution is 2.26. The van der Waals surface area contributed by atoms with Crippen LogP contribution in [-0.2, 0) is 0 Å². The summed E-state index contributed by atoms with van der Waals surface area (Å²) in [5, 5.41) is 3.04. The molecule has 0 aliphatic heterocycles. The number of halogens is 2. The Morgan fingerprint density at radius 2 is 1.80 bits per heavy atom. The van der Waals surface area contributed by atoms with Crippen LogP contribution in [0.1, 0.15) is 35.5 Å². The van der Waals surface area contributed by atoms with Crippen molar-refractivity contribution in [1.29, 1.82) is 0 Å². The molecule has 1 aromatic heterocycles. The van der Waals surface area contributed by atoms with E-state index in [0.717, 1.165) is 5.56 Å². The molecule has 20 heavy (non-hydrogen) atoms. The number of nitrogens with one attached hydrogen (secondary N) is 1. The van der Waals surface area contributed by atoms with Crippen LogP contribution in [0.5, 0.6) is 0 Å². The molecule has 1 aromatic carbocycles. The van der Waals surface area contributed by atoms with Crippen LogP contribution >= 0.6 is 0 Å². The van der Waals surface area contributed by atoms with E-state index in [1.54, 1.807) is 19.3 Å². The summed E-state index contributed by atoms with van der Waals surface area (Å²) in [4.78, 5) is 8.36. The van der Waals surface area contributed by atoms with Gasteiger partial charge in [0.15, 0.2) is 0 Å². The van der Waals surface area contributed by atoms with Gasteiger partial charge in [0.1, 0.15) is 17.5 Å². The Balaban J connectivity index is 2.54. The van der Waals surface area contributed by atoms with Gasteiger partial charge in [-0.15, -0.1) is 0 Å². The molecule has 2 aromatic rings. The van der Waals surface area contributed by atoms with E-state index >= 15 is 0 Å². The van der Waals surface area contributed by atoms with Gasteiger partial charge in [0.25, 0.3) is 0 Å². The quantitative estimate of drug-likeness (QED) is 0.933. The minimum absolute atomic E-state index is 0.0318. The van der Waals surface area contributed by atoms with E-state index in [-0.39, 0.29) is 5.56 Å². The maximum Gasteiger partial charge on any atom is 0.149 e. The first-order chi connectivity index (χ1) is 9.54. The van der Waals surface area contributed by atoms with Crippen molar-refractivity contribution in [2.75, 3.05) is 6.54 Å². The highest BCUT2D eigenvalue weighted by Gasteiger charge is 2.24. The monoisotopic (exact) mass is 277 g/mol. The van der Waals surface area contributed by atoms with E-state index in [2.05, 4.69) is 15.3 Å². The van der Waals surface area contributed by atoms with Gasteiger partial charge in [-0.25, -0.2) is 18.7 Å². The predicted molar refractivity (Wildman–Crippen MR) is 73.4 cm³/mol. The summed E-state index contributed by atoms with van der Waals surface area (Å²) in [6.07, 6.45) is 3.27. The Hall–Kier alpha value is -1.88. The minimum atomic E-state index is -0.694. The van der Waals surface area contributed by atoms with Gasteiger partial charge >= 0.3 is 0 Å². The normalized spacial score (nSPS) is 12.4. The molecule has 0 spiro atoms. The van der Waals surface area contributed by atoms with Crippen LogP contribution in [-0.4, -0.2) is 16.5 Å². The Labute approximate surface area is 117 Å². The Bertz CT molecular complexity index is 597. The molecule has 0 saturated carbocycles. The van der Waals surface area contributed by atoms with Crippen LogP contribution in [0.2, 0.25) is 0 Å². The van der Waals surface area contributed by atoms with Crippen molar-refractivity contribution in [2.45, 2.75) is 26.8 Å². The number of hydrogen-bond acceptors (Lipinski definition) is 3. The van der Waals surface area contributed by atoms with Crippen LogP contribution in [0.4, 0.5) is 8.78 Å². The second-order valence-electron chi connectivity index (χ2n) is 4.70. The third-order valence-electron chi connectivity index (χ3n) is 3.08. The standard InChI is InChI=1S/C15H17F2N3/c1-4-18-14(15-19-7-9(2)8-20-15)12-11(16)6-5-10(3)13(12)17/h5-8,14,18H,4H2,1-3H3. The molecule has 1 unspecified atom stereocenters. The van der Waals surface area contributed by atoms with Gasteiger partial charge in [0, 0.05) is 18.0 Å². The highest BCUT2D eigenvalue weighted by atomic mass is 19.1. The molecule has 0 aliphatic rings. The molecule has 0 amide bonds. The van der Waals surface area contributed by atoms with E-state index in [4.69, 9.17) is 0 Å². The summed E-state index contributed by atoms with van der Waals surface area (Å²) >= 11 is 0. The van der Waals surface area contributed by atoms with E-state index in [9.17, 15) is 8.78 Å². The first-order valence-electron chi connectivity index (χ1n) is 6.51. The molecule has 0 saturated heterocycles. The third kappa shape index (κ3) is 2.82. The van der Waals surface area contributed by atoms with Crippen molar-refractivity contribution in [3.05, 3.63) is 58.7 Å². The number of benzene rings is 1. The van der Waals surface area contributed by atoms with E-state index < -0.39 is 17.7 Å². The Morgan fingerprint density at radius 3 is 2.40 bits per heavy atom. The highest BCUT2D eigenvalue weighted by molar-refractivity contribution is 5.32. The number of aryl methyl sites for hydroxylation is 2. The summed E-state index contributed by atoms with van der Waals surface area (Å²) in [5.74, 6) is -0.788. The number of hydrogen-bond donors (Lipinski definition) is 1. The smallest absolute Gasteiger partial charge is 0.149 e. The molecule has 0 bridgehead atoms. The minimum Gasteiger partial charge on any atom is -0.304 e. The van der Waals surface area contributed by atoms with E-state index in [1.807, 2.05) is 13.8 Å². The van der Waals surface area contributed by atoms with Crippen molar-refractivity contribution in [2.24, 2.45) is 0 Å². The fraction of sp³-hybridized carbons (Fsp3) is 0.333. The molecule has 2 rings (SSSR count). The SMILES string of the molecule is CCNC(c1ncc(C)cn1)c1c(F)ccc(C)c1F. The first-order valence-corrected chi connectivity index (χ1v) is 6.51. The lowest BCUT2D eigenvalue weighted by atomic mass is 10.0. The summed E-state index contributed by atoms with van der Waals surface area (Å²) in [6, 6.07) is 2.00. The van der Waals surface area contributed by atoms with Gasteiger partial charge in [-0.2, -0.15) is 0 Å². The van der Waals surface area contributed by atoms with Crippen molar-refractivity contribution < 1.29 is 8.78 Å². The van der Waals surface area contributed by atoms with Crippen molar-refractivity contribution in [1.82, 2.24) is 15.3 Å². The fourth-order valence-electron chi connectivity index (χ4n) is 2.02. The molecular weight excluding hydrogens is 260 g/mol. The lowest BCUT2D eigenvalue weighted by Gasteiger charge is -2.19. The maximum atomic E-state index is 14.3. The zero-order valence-electron chi connectivity index (χ0n) is 11.7. The van der Waals surface area contributed by atoms with E-state index in [0.29, 0.717) is 17.9 Å². The predicted octanol–water partition coefficient (Wildman–Crippen LogP) is 3.07. The third-order valence-corrected chi connectivity index (χ3v) is 3.08. The van der Waals surface area contributed by atoms with Gasteiger partial charge in [-0.3, -0.25) is 0 Å². The second-order valence-corrected chi connectivity index (χ2v) is 4.70. The number of aromatic nitrogens is 2.